The molecule has 4 saturated carbocycles. The summed E-state index contributed by atoms with van der Waals surface area (Å²) in [6.45, 7) is 9.42. The first-order chi connectivity index (χ1) is 22.2. The van der Waals surface area contributed by atoms with Crippen molar-refractivity contribution in [1.82, 2.24) is 9.62 Å². The van der Waals surface area contributed by atoms with Gasteiger partial charge < -0.3 is 9.64 Å². The molecule has 8 heteroatoms. The molecule has 1 N–H and O–H groups in total. The Morgan fingerprint density at radius 3 is 2.20 bits per heavy atom. The second-order valence-corrected chi connectivity index (χ2v) is 16.3. The highest BCUT2D eigenvalue weighted by molar-refractivity contribution is 7.90. The van der Waals surface area contributed by atoms with Gasteiger partial charge in [-0.15, -0.1) is 0 Å². The molecule has 1 saturated heterocycles. The minimum absolute atomic E-state index is 0.0870. The van der Waals surface area contributed by atoms with Gasteiger partial charge in [0.05, 0.1) is 12.4 Å². The summed E-state index contributed by atoms with van der Waals surface area (Å²) >= 11 is 0. The first-order valence-electron chi connectivity index (χ1n) is 17.1. The Morgan fingerprint density at radius 2 is 1.57 bits per heavy atom. The first kappa shape index (κ1) is 31.3. The third-order valence-electron chi connectivity index (χ3n) is 10.9. The van der Waals surface area contributed by atoms with Gasteiger partial charge in [-0.05, 0) is 134 Å². The van der Waals surface area contributed by atoms with Crippen molar-refractivity contribution in [3.8, 4) is 16.9 Å². The van der Waals surface area contributed by atoms with Crippen LogP contribution in [0.25, 0.3) is 11.1 Å². The van der Waals surface area contributed by atoms with Gasteiger partial charge in [-0.2, -0.15) is 0 Å². The van der Waals surface area contributed by atoms with Gasteiger partial charge in [0.15, 0.2) is 0 Å². The molecule has 1 amide bonds. The van der Waals surface area contributed by atoms with Crippen molar-refractivity contribution in [2.24, 2.45) is 23.2 Å². The van der Waals surface area contributed by atoms with Gasteiger partial charge in [0.25, 0.3) is 5.91 Å². The molecule has 0 aromatic heterocycles. The van der Waals surface area contributed by atoms with Crippen LogP contribution in [0.2, 0.25) is 0 Å². The topological polar surface area (TPSA) is 79.0 Å². The highest BCUT2D eigenvalue weighted by Gasteiger charge is 2.52. The molecule has 3 aromatic rings. The Balaban J connectivity index is 0.908. The van der Waals surface area contributed by atoms with Crippen LogP contribution in [0.4, 0.5) is 5.69 Å². The normalized spacial score (nSPS) is 25.9. The van der Waals surface area contributed by atoms with Gasteiger partial charge in [0, 0.05) is 44.0 Å². The van der Waals surface area contributed by atoms with Crippen LogP contribution in [0.3, 0.4) is 0 Å². The lowest BCUT2D eigenvalue weighted by Crippen LogP contribution is -2.51. The third kappa shape index (κ3) is 6.84. The lowest BCUT2D eigenvalue weighted by molar-refractivity contribution is -0.0391. The number of rotatable bonds is 10. The van der Waals surface area contributed by atoms with E-state index in [1.165, 1.54) is 41.5 Å². The van der Waals surface area contributed by atoms with E-state index in [4.69, 9.17) is 4.74 Å². The van der Waals surface area contributed by atoms with Gasteiger partial charge in [-0.1, -0.05) is 30.3 Å². The molecule has 244 valence electrons. The molecular formula is C38H47N3O4S. The van der Waals surface area contributed by atoms with E-state index in [2.05, 4.69) is 51.8 Å². The Kier molecular flexibility index (Phi) is 8.62. The fourth-order valence-corrected chi connectivity index (χ4v) is 11.1. The van der Waals surface area contributed by atoms with Crippen LogP contribution in [0.5, 0.6) is 5.75 Å². The molecule has 4 aliphatic carbocycles. The summed E-state index contributed by atoms with van der Waals surface area (Å²) in [6.07, 6.45) is 6.83. The summed E-state index contributed by atoms with van der Waals surface area (Å²) in [5.74, 6) is 2.50. The molecule has 0 spiro atoms. The lowest BCUT2D eigenvalue weighted by atomic mass is 9.50. The molecule has 1 aliphatic heterocycles. The van der Waals surface area contributed by atoms with E-state index in [0.29, 0.717) is 29.9 Å². The second-order valence-electron chi connectivity index (χ2n) is 14.5. The van der Waals surface area contributed by atoms with Crippen LogP contribution >= 0.6 is 0 Å². The molecule has 4 bridgehead atoms. The SMILES string of the molecule is CCOc1cccc(-c2ccc(CN3CCN(c4ccc(C(=O)NS(=O)(=O)CC56CC7CC(CC(C7)C5)C6)cc4)CC3)cc2C)c1. The van der Waals surface area contributed by atoms with Gasteiger partial charge in [0.1, 0.15) is 5.75 Å². The number of nitrogens with zero attached hydrogens (tertiary/aromatic N) is 2. The van der Waals surface area contributed by atoms with Crippen molar-refractivity contribution in [2.75, 3.05) is 43.4 Å². The van der Waals surface area contributed by atoms with E-state index in [9.17, 15) is 13.2 Å². The summed E-state index contributed by atoms with van der Waals surface area (Å²) < 4.78 is 34.4. The predicted octanol–water partition coefficient (Wildman–Crippen LogP) is 6.66. The number of nitrogens with one attached hydrogen (secondary N) is 1. The Labute approximate surface area is 274 Å². The van der Waals surface area contributed by atoms with E-state index >= 15 is 0 Å². The molecule has 7 nitrogen and oxygen atoms in total. The number of amides is 1. The van der Waals surface area contributed by atoms with Gasteiger partial charge in [-0.25, -0.2) is 13.1 Å². The minimum atomic E-state index is -3.70. The number of anilines is 1. The predicted molar refractivity (Wildman–Crippen MR) is 184 cm³/mol. The highest BCUT2D eigenvalue weighted by Crippen LogP contribution is 2.60. The minimum Gasteiger partial charge on any atom is -0.494 e. The maximum Gasteiger partial charge on any atom is 0.264 e. The number of piperazine rings is 1. The molecule has 5 fully saturated rings. The van der Waals surface area contributed by atoms with Crippen molar-refractivity contribution in [3.63, 3.8) is 0 Å². The maximum atomic E-state index is 13.2. The molecule has 5 aliphatic rings. The number of sulfonamides is 1. The number of hydrogen-bond acceptors (Lipinski definition) is 6. The van der Waals surface area contributed by atoms with Crippen LogP contribution < -0.4 is 14.4 Å². The van der Waals surface area contributed by atoms with Gasteiger partial charge in [0.2, 0.25) is 10.0 Å². The Hall–Kier alpha value is -3.36. The van der Waals surface area contributed by atoms with E-state index < -0.39 is 15.9 Å². The average molecular weight is 642 g/mol. The number of aryl methyl sites for hydroxylation is 1. The first-order valence-corrected chi connectivity index (χ1v) is 18.8. The van der Waals surface area contributed by atoms with Crippen LogP contribution in [-0.2, 0) is 16.6 Å². The third-order valence-corrected chi connectivity index (χ3v) is 12.4. The number of benzene rings is 3. The summed E-state index contributed by atoms with van der Waals surface area (Å²) in [5, 5.41) is 0. The Morgan fingerprint density at radius 1 is 0.891 bits per heavy atom. The van der Waals surface area contributed by atoms with Crippen LogP contribution in [0.15, 0.2) is 66.7 Å². The largest absolute Gasteiger partial charge is 0.494 e. The van der Waals surface area contributed by atoms with Gasteiger partial charge >= 0.3 is 0 Å². The quantitative estimate of drug-likeness (QED) is 0.267. The van der Waals surface area contributed by atoms with Crippen LogP contribution in [0, 0.1) is 30.1 Å². The monoisotopic (exact) mass is 641 g/mol. The van der Waals surface area contributed by atoms with Crippen molar-refractivity contribution >= 4 is 21.6 Å². The molecule has 0 radical (unpaired) electrons. The Bertz CT molecular complexity index is 1640. The van der Waals surface area contributed by atoms with E-state index in [1.807, 2.05) is 31.2 Å². The molecule has 0 unspecified atom stereocenters. The van der Waals surface area contributed by atoms with Crippen molar-refractivity contribution < 1.29 is 17.9 Å². The average Bonchev–Trinajstić information content (AvgIpc) is 3.00. The fourth-order valence-electron chi connectivity index (χ4n) is 9.42. The van der Waals surface area contributed by atoms with E-state index in [-0.39, 0.29) is 11.2 Å². The van der Waals surface area contributed by atoms with Crippen molar-refractivity contribution in [2.45, 2.75) is 58.9 Å². The smallest absolute Gasteiger partial charge is 0.264 e. The van der Waals surface area contributed by atoms with E-state index in [1.54, 1.807) is 12.1 Å². The zero-order valence-electron chi connectivity index (χ0n) is 27.2. The molecule has 1 heterocycles. The number of carbonyl (C=O) groups excluding carboxylic acids is 1. The van der Waals surface area contributed by atoms with Crippen molar-refractivity contribution in [1.29, 1.82) is 0 Å². The summed E-state index contributed by atoms with van der Waals surface area (Å²) in [4.78, 5) is 17.8. The molecule has 3 aromatic carbocycles. The molecule has 8 rings (SSSR count). The number of carbonyl (C=O) groups is 1. The highest BCUT2D eigenvalue weighted by atomic mass is 32.2. The van der Waals surface area contributed by atoms with E-state index in [0.717, 1.165) is 63.4 Å². The maximum absolute atomic E-state index is 13.2. The zero-order valence-corrected chi connectivity index (χ0v) is 28.0. The van der Waals surface area contributed by atoms with Crippen molar-refractivity contribution in [3.05, 3.63) is 83.4 Å². The standard InChI is InChI=1S/C38H47N3O4S/c1-3-45-35-6-4-5-33(21-35)36-12-7-28(17-27(36)2)25-40-13-15-41(16-14-40)34-10-8-32(9-11-34)37(42)39-46(43,44)26-38-22-29-18-30(23-38)20-31(19-29)24-38/h4-12,17,21,29-31H,3,13-16,18-20,22-26H2,1-2H3,(H,39,42). The summed E-state index contributed by atoms with van der Waals surface area (Å²) in [7, 11) is -3.70. The number of ether oxygens (including phenoxy) is 1. The van der Waals surface area contributed by atoms with Crippen LogP contribution in [-0.4, -0.2) is 57.8 Å². The molecule has 0 atom stereocenters. The number of hydrogen-bond donors (Lipinski definition) is 1. The van der Waals surface area contributed by atoms with Crippen LogP contribution in [0.1, 0.15) is 66.9 Å². The molecule has 46 heavy (non-hydrogen) atoms. The fraction of sp³-hybridized carbons (Fsp3) is 0.500. The summed E-state index contributed by atoms with van der Waals surface area (Å²) in [6, 6.07) is 22.4. The second kappa shape index (κ2) is 12.7. The lowest BCUT2D eigenvalue weighted by Gasteiger charge is -2.56. The summed E-state index contributed by atoms with van der Waals surface area (Å²) in [5.41, 5.74) is 6.28. The van der Waals surface area contributed by atoms with Gasteiger partial charge in [-0.3, -0.25) is 9.69 Å². The zero-order chi connectivity index (χ0) is 31.9. The molecular weight excluding hydrogens is 595 g/mol.